The lowest BCUT2D eigenvalue weighted by Crippen LogP contribution is -2.35. The number of aromatic nitrogens is 2. The van der Waals surface area contributed by atoms with Crippen molar-refractivity contribution in [3.05, 3.63) is 101 Å². The highest BCUT2D eigenvalue weighted by Gasteiger charge is 2.25. The fourth-order valence-electron chi connectivity index (χ4n) is 5.58. The predicted octanol–water partition coefficient (Wildman–Crippen LogP) is 5.26. The number of aryl methyl sites for hydroxylation is 1. The summed E-state index contributed by atoms with van der Waals surface area (Å²) in [5, 5.41) is 7.11. The second-order valence-corrected chi connectivity index (χ2v) is 13.1. The predicted molar refractivity (Wildman–Crippen MR) is 174 cm³/mol. The van der Waals surface area contributed by atoms with Crippen LogP contribution >= 0.6 is 7.60 Å². The largest absolute Gasteiger partial charge is 0.493 e. The molecule has 5 rings (SSSR count). The molecule has 45 heavy (non-hydrogen) atoms. The Morgan fingerprint density at radius 1 is 1.07 bits per heavy atom. The number of hydrogen-bond donors (Lipinski definition) is 3. The quantitative estimate of drug-likeness (QED) is 0.144. The lowest BCUT2D eigenvalue weighted by Gasteiger charge is -2.31. The van der Waals surface area contributed by atoms with Crippen molar-refractivity contribution in [2.75, 3.05) is 30.8 Å². The molecule has 11 heteroatoms. The Morgan fingerprint density at radius 3 is 2.69 bits per heavy atom. The van der Waals surface area contributed by atoms with Gasteiger partial charge in [-0.05, 0) is 85.2 Å². The molecule has 0 unspecified atom stereocenters. The number of anilines is 1. The average molecular weight is 631 g/mol. The summed E-state index contributed by atoms with van der Waals surface area (Å²) in [7, 11) is -4.18. The molecule has 3 aromatic carbocycles. The molecule has 0 aliphatic carbocycles. The minimum Gasteiger partial charge on any atom is -0.493 e. The molecular weight excluding hydrogens is 591 g/mol. The van der Waals surface area contributed by atoms with E-state index in [0.717, 1.165) is 52.1 Å². The Bertz CT molecular complexity index is 1730. The van der Waals surface area contributed by atoms with Gasteiger partial charge >= 0.3 is 7.60 Å². The van der Waals surface area contributed by atoms with Gasteiger partial charge in [-0.15, -0.1) is 0 Å². The number of amides is 2. The van der Waals surface area contributed by atoms with Crippen LogP contribution in [-0.4, -0.2) is 57.2 Å². The van der Waals surface area contributed by atoms with Gasteiger partial charge in [0.2, 0.25) is 5.91 Å². The third kappa shape index (κ3) is 8.28. The van der Waals surface area contributed by atoms with Crippen LogP contribution < -0.4 is 15.0 Å². The molecule has 0 radical (unpaired) electrons. The zero-order valence-corrected chi connectivity index (χ0v) is 26.5. The monoisotopic (exact) mass is 630 g/mol. The maximum atomic E-state index is 13.3. The van der Waals surface area contributed by atoms with E-state index in [0.29, 0.717) is 38.1 Å². The molecule has 4 aromatic rings. The topological polar surface area (TPSA) is 134 Å². The third-order valence-corrected chi connectivity index (χ3v) is 8.87. The van der Waals surface area contributed by atoms with E-state index in [1.165, 1.54) is 5.56 Å². The number of carbonyl (C=O) groups is 2. The van der Waals surface area contributed by atoms with Crippen LogP contribution in [0.2, 0.25) is 0 Å². The molecule has 0 saturated carbocycles. The van der Waals surface area contributed by atoms with Crippen LogP contribution in [0.3, 0.4) is 0 Å². The molecule has 236 valence electrons. The van der Waals surface area contributed by atoms with Gasteiger partial charge in [0, 0.05) is 42.5 Å². The number of hydrogen-bond acceptors (Lipinski definition) is 5. The normalized spacial score (nSPS) is 12.9. The second kappa shape index (κ2) is 14.2. The number of benzene rings is 3. The Morgan fingerprint density at radius 2 is 1.87 bits per heavy atom. The van der Waals surface area contributed by atoms with Crippen molar-refractivity contribution in [1.29, 1.82) is 0 Å². The van der Waals surface area contributed by atoms with E-state index in [1.807, 2.05) is 54.5 Å². The van der Waals surface area contributed by atoms with E-state index in [-0.39, 0.29) is 12.5 Å². The molecule has 0 fully saturated rings. The summed E-state index contributed by atoms with van der Waals surface area (Å²) in [6.45, 7) is 5.61. The van der Waals surface area contributed by atoms with Crippen LogP contribution in [0, 0.1) is 13.8 Å². The Labute approximate surface area is 263 Å². The average Bonchev–Trinajstić information content (AvgIpc) is 3.48. The fourth-order valence-corrected chi connectivity index (χ4v) is 5.98. The number of fused-ring (bicyclic) bond motifs is 1. The first-order valence-electron chi connectivity index (χ1n) is 15.1. The molecule has 1 aliphatic rings. The standard InChI is InChI=1S/C34H39N4O6P/c1-24-8-3-14-32(25(24)2)44-18-7-15-33(39)38-17-6-12-30-29(11-5-13-31(30)38)28-21-36-37(23-28)22-26-9-4-10-27(20-26)34(40)35-16-19-45(41,42)43/h3-5,8-11,13-14,20-21,23H,6-7,12,15-19,22H2,1-2H3,(H,35,40)(H2,41,42,43). The zero-order chi connectivity index (χ0) is 32.0. The first-order valence-corrected chi connectivity index (χ1v) is 16.9. The summed E-state index contributed by atoms with van der Waals surface area (Å²) in [5.74, 6) is 0.569. The van der Waals surface area contributed by atoms with E-state index in [4.69, 9.17) is 14.5 Å². The summed E-state index contributed by atoms with van der Waals surface area (Å²) in [5.41, 5.74) is 7.66. The lowest BCUT2D eigenvalue weighted by atomic mass is 9.93. The number of ether oxygens (including phenoxy) is 1. The van der Waals surface area contributed by atoms with Gasteiger partial charge in [0.05, 0.1) is 25.5 Å². The van der Waals surface area contributed by atoms with Crippen LogP contribution in [0.5, 0.6) is 5.75 Å². The van der Waals surface area contributed by atoms with Crippen molar-refractivity contribution in [3.63, 3.8) is 0 Å². The Kier molecular flexibility index (Phi) is 10.2. The SMILES string of the molecule is Cc1cccc(OCCCC(=O)N2CCCc3c(-c4cnn(Cc5cccc(C(=O)NCCP(=O)(O)O)c5)c4)cccc32)c1C. The number of carbonyl (C=O) groups excluding carboxylic acids is 2. The lowest BCUT2D eigenvalue weighted by molar-refractivity contribution is -0.118. The summed E-state index contributed by atoms with van der Waals surface area (Å²) >= 11 is 0. The van der Waals surface area contributed by atoms with E-state index in [2.05, 4.69) is 29.5 Å². The molecule has 0 bridgehead atoms. The summed E-state index contributed by atoms with van der Waals surface area (Å²) in [4.78, 5) is 45.7. The first kappa shape index (κ1) is 32.2. The summed E-state index contributed by atoms with van der Waals surface area (Å²) in [6.07, 6.45) is 6.18. The highest BCUT2D eigenvalue weighted by Crippen LogP contribution is 2.36. The smallest absolute Gasteiger partial charge is 0.327 e. The maximum Gasteiger partial charge on any atom is 0.327 e. The number of nitrogens with zero attached hydrogens (tertiary/aromatic N) is 3. The first-order chi connectivity index (χ1) is 21.6. The van der Waals surface area contributed by atoms with Crippen molar-refractivity contribution in [2.24, 2.45) is 0 Å². The van der Waals surface area contributed by atoms with Gasteiger partial charge in [-0.25, -0.2) is 0 Å². The highest BCUT2D eigenvalue weighted by molar-refractivity contribution is 7.51. The Balaban J connectivity index is 1.22. The van der Waals surface area contributed by atoms with Crippen LogP contribution in [0.25, 0.3) is 11.1 Å². The van der Waals surface area contributed by atoms with Gasteiger partial charge in [-0.2, -0.15) is 5.10 Å². The molecule has 2 heterocycles. The van der Waals surface area contributed by atoms with E-state index in [1.54, 1.807) is 22.9 Å². The molecule has 1 aliphatic heterocycles. The van der Waals surface area contributed by atoms with Gasteiger partial charge in [0.15, 0.2) is 0 Å². The molecule has 0 spiro atoms. The van der Waals surface area contributed by atoms with Gasteiger partial charge in [-0.1, -0.05) is 36.4 Å². The van der Waals surface area contributed by atoms with Gasteiger partial charge < -0.3 is 24.7 Å². The minimum atomic E-state index is -4.18. The second-order valence-electron chi connectivity index (χ2n) is 11.4. The van der Waals surface area contributed by atoms with Gasteiger partial charge in [0.25, 0.3) is 5.91 Å². The van der Waals surface area contributed by atoms with Crippen molar-refractivity contribution >= 4 is 25.1 Å². The molecule has 0 atom stereocenters. The van der Waals surface area contributed by atoms with E-state index >= 15 is 0 Å². The third-order valence-electron chi connectivity index (χ3n) is 8.07. The van der Waals surface area contributed by atoms with Crippen molar-refractivity contribution in [2.45, 2.75) is 46.1 Å². The maximum absolute atomic E-state index is 13.3. The van der Waals surface area contributed by atoms with Crippen LogP contribution in [0.15, 0.2) is 73.1 Å². The molecule has 1 aromatic heterocycles. The van der Waals surface area contributed by atoms with Crippen LogP contribution in [0.1, 0.15) is 51.9 Å². The highest BCUT2D eigenvalue weighted by atomic mass is 31.2. The number of nitrogens with one attached hydrogen (secondary N) is 1. The Hall–Kier alpha value is -4.24. The molecular formula is C34H39N4O6P. The van der Waals surface area contributed by atoms with Crippen molar-refractivity contribution < 1.29 is 28.7 Å². The molecule has 2 amide bonds. The van der Waals surface area contributed by atoms with Gasteiger partial charge in [0.1, 0.15) is 5.75 Å². The summed E-state index contributed by atoms with van der Waals surface area (Å²) < 4.78 is 18.8. The number of rotatable bonds is 12. The van der Waals surface area contributed by atoms with Gasteiger partial charge in [-0.3, -0.25) is 18.8 Å². The van der Waals surface area contributed by atoms with Crippen molar-refractivity contribution in [1.82, 2.24) is 15.1 Å². The van der Waals surface area contributed by atoms with Crippen LogP contribution in [0.4, 0.5) is 5.69 Å². The van der Waals surface area contributed by atoms with E-state index < -0.39 is 19.7 Å². The molecule has 3 N–H and O–H groups in total. The fraction of sp³-hybridized carbons (Fsp3) is 0.324. The molecule has 10 nitrogen and oxygen atoms in total. The minimum absolute atomic E-state index is 0.0963. The van der Waals surface area contributed by atoms with E-state index in [9.17, 15) is 14.2 Å². The van der Waals surface area contributed by atoms with Crippen molar-refractivity contribution in [3.8, 4) is 16.9 Å². The zero-order valence-electron chi connectivity index (χ0n) is 25.6. The van der Waals surface area contributed by atoms with Crippen LogP contribution in [-0.2, 0) is 22.3 Å². The molecule has 0 saturated heterocycles. The summed E-state index contributed by atoms with van der Waals surface area (Å²) in [6, 6.07) is 19.1.